The lowest BCUT2D eigenvalue weighted by Gasteiger charge is -2.42. The molecule has 11 nitrogen and oxygen atoms in total. The number of nitrogens with one attached hydrogen (secondary N) is 1. The maximum Gasteiger partial charge on any atom is 0.411 e. The Kier molecular flexibility index (Phi) is 8.72. The fourth-order valence-electron chi connectivity index (χ4n) is 4.57. The van der Waals surface area contributed by atoms with Crippen LogP contribution < -0.4 is 11.1 Å². The molecule has 202 valence electrons. The fraction of sp³-hybridized carbons (Fsp3) is 0.560. The number of primary amides is 1. The Morgan fingerprint density at radius 2 is 1.78 bits per heavy atom. The predicted octanol–water partition coefficient (Wildman–Crippen LogP) is 1.30. The van der Waals surface area contributed by atoms with Crippen molar-refractivity contribution in [2.45, 2.75) is 63.1 Å². The molecule has 2 atom stereocenters. The van der Waals surface area contributed by atoms with Crippen molar-refractivity contribution in [3.63, 3.8) is 0 Å². The van der Waals surface area contributed by atoms with Crippen LogP contribution in [-0.2, 0) is 29.3 Å². The van der Waals surface area contributed by atoms with E-state index in [1.54, 1.807) is 49.9 Å². The molecular weight excluding hydrogens is 500 g/mol. The van der Waals surface area contributed by atoms with Gasteiger partial charge in [0.25, 0.3) is 0 Å². The fourth-order valence-corrected chi connectivity index (χ4v) is 5.70. The molecule has 3 rings (SSSR count). The number of thioether (sulfide) groups is 1. The summed E-state index contributed by atoms with van der Waals surface area (Å²) in [5.74, 6) is -2.14. The molecule has 2 saturated heterocycles. The molecule has 0 unspecified atom stereocenters. The van der Waals surface area contributed by atoms with Crippen LogP contribution in [0.3, 0.4) is 0 Å². The number of piperidine rings is 1. The molecular formula is C25H34N4O7S. The van der Waals surface area contributed by atoms with Crippen LogP contribution in [0.1, 0.15) is 45.6 Å². The van der Waals surface area contributed by atoms with E-state index >= 15 is 0 Å². The van der Waals surface area contributed by atoms with Crippen molar-refractivity contribution >= 4 is 41.5 Å². The molecule has 12 heteroatoms. The normalized spacial score (nSPS) is 20.1. The second-order valence-electron chi connectivity index (χ2n) is 10.3. The molecule has 0 radical (unpaired) electrons. The summed E-state index contributed by atoms with van der Waals surface area (Å²) in [7, 11) is 0. The van der Waals surface area contributed by atoms with Gasteiger partial charge in [-0.2, -0.15) is 0 Å². The topological polar surface area (TPSA) is 159 Å². The van der Waals surface area contributed by atoms with Crippen molar-refractivity contribution < 1.29 is 33.8 Å². The van der Waals surface area contributed by atoms with Crippen LogP contribution in [0.15, 0.2) is 30.3 Å². The van der Waals surface area contributed by atoms with Crippen LogP contribution in [0.2, 0.25) is 0 Å². The van der Waals surface area contributed by atoms with Crippen LogP contribution in [-0.4, -0.2) is 87.1 Å². The van der Waals surface area contributed by atoms with E-state index in [0.29, 0.717) is 17.2 Å². The lowest BCUT2D eigenvalue weighted by atomic mass is 9.71. The van der Waals surface area contributed by atoms with Gasteiger partial charge in [-0.1, -0.05) is 30.3 Å². The van der Waals surface area contributed by atoms with Crippen molar-refractivity contribution in [2.75, 3.05) is 24.7 Å². The van der Waals surface area contributed by atoms with E-state index in [1.165, 1.54) is 16.7 Å². The van der Waals surface area contributed by atoms with E-state index in [-0.39, 0.29) is 31.8 Å². The van der Waals surface area contributed by atoms with Crippen LogP contribution in [0.4, 0.5) is 4.79 Å². The summed E-state index contributed by atoms with van der Waals surface area (Å²) in [4.78, 5) is 65.6. The number of benzene rings is 1. The molecule has 2 aliphatic rings. The number of nitrogens with zero attached hydrogens (tertiary/aromatic N) is 2. The van der Waals surface area contributed by atoms with E-state index in [1.807, 2.05) is 6.07 Å². The van der Waals surface area contributed by atoms with Gasteiger partial charge in [0.05, 0.1) is 17.7 Å². The molecule has 0 bridgehead atoms. The number of carboxylic acid groups (broad SMARTS) is 1. The second kappa shape index (κ2) is 11.4. The Bertz CT molecular complexity index is 1040. The summed E-state index contributed by atoms with van der Waals surface area (Å²) in [5, 5.41) is 12.0. The number of carbonyl (C=O) groups excluding carboxylic acids is 4. The third kappa shape index (κ3) is 6.73. The molecule has 4 amide bonds. The lowest BCUT2D eigenvalue weighted by molar-refractivity contribution is -0.145. The number of carboxylic acids is 1. The number of carbonyl (C=O) groups is 5. The summed E-state index contributed by atoms with van der Waals surface area (Å²) in [6, 6.07) is 6.85. The van der Waals surface area contributed by atoms with Crippen LogP contribution in [0.25, 0.3) is 0 Å². The zero-order valence-corrected chi connectivity index (χ0v) is 22.1. The number of hydrogen-bond acceptors (Lipinski definition) is 7. The molecule has 1 aromatic rings. The quantitative estimate of drug-likeness (QED) is 0.472. The van der Waals surface area contributed by atoms with Gasteiger partial charge in [-0.05, 0) is 39.2 Å². The molecule has 2 heterocycles. The molecule has 2 fully saturated rings. The molecule has 0 aliphatic carbocycles. The van der Waals surface area contributed by atoms with Crippen LogP contribution in [0.5, 0.6) is 0 Å². The Labute approximate surface area is 220 Å². The highest BCUT2D eigenvalue weighted by molar-refractivity contribution is 7.99. The van der Waals surface area contributed by atoms with Gasteiger partial charge >= 0.3 is 12.1 Å². The summed E-state index contributed by atoms with van der Waals surface area (Å²) in [6.07, 6.45) is -0.593. The van der Waals surface area contributed by atoms with Crippen molar-refractivity contribution in [1.82, 2.24) is 15.1 Å². The summed E-state index contributed by atoms with van der Waals surface area (Å²) < 4.78 is 5.46. The number of amides is 4. The number of hydrogen-bond donors (Lipinski definition) is 3. The molecule has 37 heavy (non-hydrogen) atoms. The maximum absolute atomic E-state index is 13.5. The Morgan fingerprint density at radius 3 is 2.32 bits per heavy atom. The van der Waals surface area contributed by atoms with Crippen molar-refractivity contribution in [2.24, 2.45) is 5.73 Å². The molecule has 4 N–H and O–H groups in total. The minimum Gasteiger partial charge on any atom is -0.480 e. The Hall–Kier alpha value is -3.28. The first-order chi connectivity index (χ1) is 17.3. The van der Waals surface area contributed by atoms with Crippen molar-refractivity contribution in [3.8, 4) is 0 Å². The smallest absolute Gasteiger partial charge is 0.411 e. The van der Waals surface area contributed by atoms with Gasteiger partial charge in [0.1, 0.15) is 17.7 Å². The average Bonchev–Trinajstić information content (AvgIpc) is 3.32. The first kappa shape index (κ1) is 28.3. The molecule has 1 aromatic carbocycles. The summed E-state index contributed by atoms with van der Waals surface area (Å²) in [6.45, 7) is 5.77. The highest BCUT2D eigenvalue weighted by Gasteiger charge is 2.47. The highest BCUT2D eigenvalue weighted by Crippen LogP contribution is 2.37. The number of ether oxygens (including phenoxy) is 1. The minimum atomic E-state index is -1.46. The first-order valence-corrected chi connectivity index (χ1v) is 13.2. The monoisotopic (exact) mass is 534 g/mol. The minimum absolute atomic E-state index is 0.213. The first-order valence-electron chi connectivity index (χ1n) is 12.1. The predicted molar refractivity (Wildman–Crippen MR) is 136 cm³/mol. The van der Waals surface area contributed by atoms with Crippen LogP contribution >= 0.6 is 11.8 Å². The van der Waals surface area contributed by atoms with Gasteiger partial charge in [0.2, 0.25) is 17.7 Å². The van der Waals surface area contributed by atoms with Gasteiger partial charge in [-0.15, -0.1) is 11.8 Å². The van der Waals surface area contributed by atoms with Gasteiger partial charge < -0.3 is 25.8 Å². The summed E-state index contributed by atoms with van der Waals surface area (Å²) in [5.41, 5.74) is 4.07. The number of aliphatic carboxylic acids is 1. The number of likely N-dealkylation sites (tertiary alicyclic amines) is 1. The summed E-state index contributed by atoms with van der Waals surface area (Å²) >= 11 is 1.47. The average molecular weight is 535 g/mol. The van der Waals surface area contributed by atoms with E-state index in [9.17, 15) is 29.1 Å². The third-order valence-corrected chi connectivity index (χ3v) is 7.51. The van der Waals surface area contributed by atoms with E-state index in [0.717, 1.165) is 0 Å². The van der Waals surface area contributed by atoms with Crippen LogP contribution in [0, 0.1) is 0 Å². The lowest BCUT2D eigenvalue weighted by Crippen LogP contribution is -2.58. The standard InChI is InChI=1S/C25H34N4O7S/c1-24(2,3)36-23(35)29-15-37-14-18(29)20(31)28-11-9-25(10-12-28,16-7-5-4-6-8-16)22(34)27-17(21(32)33)13-19(26)30/h4-8,17-18H,9-15H2,1-3H3,(H2,26,30)(H,27,34)(H,32,33)/t17-,18+/m0/s1. The third-order valence-electron chi connectivity index (χ3n) is 6.49. The van der Waals surface area contributed by atoms with Gasteiger partial charge in [-0.25, -0.2) is 9.59 Å². The Balaban J connectivity index is 1.77. The van der Waals surface area contributed by atoms with Gasteiger partial charge in [0.15, 0.2) is 0 Å². The second-order valence-corrected chi connectivity index (χ2v) is 11.3. The highest BCUT2D eigenvalue weighted by atomic mass is 32.2. The Morgan fingerprint density at radius 1 is 1.16 bits per heavy atom. The molecule has 0 aromatic heterocycles. The molecule has 0 saturated carbocycles. The maximum atomic E-state index is 13.5. The number of nitrogens with two attached hydrogens (primary N) is 1. The van der Waals surface area contributed by atoms with Crippen molar-refractivity contribution in [1.29, 1.82) is 0 Å². The van der Waals surface area contributed by atoms with E-state index < -0.39 is 53.4 Å². The zero-order valence-electron chi connectivity index (χ0n) is 21.3. The van der Waals surface area contributed by atoms with E-state index in [4.69, 9.17) is 10.5 Å². The van der Waals surface area contributed by atoms with Gasteiger partial charge in [-0.3, -0.25) is 19.3 Å². The number of rotatable bonds is 7. The van der Waals surface area contributed by atoms with E-state index in [2.05, 4.69) is 5.32 Å². The SMILES string of the molecule is CC(C)(C)OC(=O)N1CSC[C@@H]1C(=O)N1CCC(C(=O)N[C@@H](CC(N)=O)C(=O)O)(c2ccccc2)CC1. The molecule has 2 aliphatic heterocycles. The zero-order chi connectivity index (χ0) is 27.4. The van der Waals surface area contributed by atoms with Crippen molar-refractivity contribution in [3.05, 3.63) is 35.9 Å². The van der Waals surface area contributed by atoms with Gasteiger partial charge in [0, 0.05) is 18.8 Å². The molecule has 0 spiro atoms. The largest absolute Gasteiger partial charge is 0.480 e.